The number of halogens is 2. The molecule has 3 aliphatic rings. The molecule has 1 N–H and O–H groups in total. The summed E-state index contributed by atoms with van der Waals surface area (Å²) < 4.78 is 26.5. The molecule has 0 aromatic carbocycles. The van der Waals surface area contributed by atoms with Crippen LogP contribution in [0.4, 0.5) is 8.78 Å². The number of likely N-dealkylation sites (tertiary alicyclic amines) is 3. The van der Waals surface area contributed by atoms with Crippen molar-refractivity contribution >= 4 is 5.91 Å². The summed E-state index contributed by atoms with van der Waals surface area (Å²) in [5.74, 6) is -2.48. The zero-order valence-electron chi connectivity index (χ0n) is 15.1. The largest absolute Gasteiger partial charge is 0.387 e. The highest BCUT2D eigenvalue weighted by Gasteiger charge is 2.42. The normalized spacial score (nSPS) is 31.9. The van der Waals surface area contributed by atoms with E-state index in [9.17, 15) is 18.7 Å². The first kappa shape index (κ1) is 19.0. The van der Waals surface area contributed by atoms with Gasteiger partial charge in [0, 0.05) is 39.0 Å². The number of carbonyl (C=O) groups excluding carboxylic acids is 1. The van der Waals surface area contributed by atoms with E-state index < -0.39 is 11.5 Å². The van der Waals surface area contributed by atoms with Gasteiger partial charge in [0.15, 0.2) is 0 Å². The highest BCUT2D eigenvalue weighted by atomic mass is 19.3. The van der Waals surface area contributed by atoms with E-state index in [1.54, 1.807) is 4.90 Å². The Morgan fingerprint density at radius 2 is 1.52 bits per heavy atom. The summed E-state index contributed by atoms with van der Waals surface area (Å²) in [6.07, 6.45) is 5.03. The van der Waals surface area contributed by atoms with Crippen LogP contribution in [0.5, 0.6) is 0 Å². The lowest BCUT2D eigenvalue weighted by Gasteiger charge is -2.36. The number of piperidine rings is 1. The summed E-state index contributed by atoms with van der Waals surface area (Å²) in [6, 6.07) is 0. The van der Waals surface area contributed by atoms with Gasteiger partial charge in [0.1, 0.15) is 0 Å². The first-order valence-electron chi connectivity index (χ1n) is 9.68. The minimum atomic E-state index is -2.57. The Labute approximate surface area is 148 Å². The number of hydrogen-bond donors (Lipinski definition) is 1. The Bertz CT molecular complexity index is 459. The monoisotopic (exact) mass is 359 g/mol. The van der Waals surface area contributed by atoms with Gasteiger partial charge in [-0.1, -0.05) is 12.8 Å². The van der Waals surface area contributed by atoms with E-state index in [2.05, 4.69) is 4.90 Å². The summed E-state index contributed by atoms with van der Waals surface area (Å²) in [7, 11) is 0. The molecule has 3 aliphatic heterocycles. The van der Waals surface area contributed by atoms with E-state index >= 15 is 0 Å². The molecule has 1 amide bonds. The van der Waals surface area contributed by atoms with Gasteiger partial charge in [-0.25, -0.2) is 8.78 Å². The van der Waals surface area contributed by atoms with Gasteiger partial charge in [0.2, 0.25) is 5.91 Å². The van der Waals surface area contributed by atoms with Crippen molar-refractivity contribution in [2.45, 2.75) is 56.5 Å². The Hall–Kier alpha value is -0.790. The topological polar surface area (TPSA) is 47.0 Å². The Morgan fingerprint density at radius 3 is 2.16 bits per heavy atom. The zero-order chi connectivity index (χ0) is 17.9. The van der Waals surface area contributed by atoms with E-state index in [1.807, 2.05) is 4.90 Å². The predicted octanol–water partition coefficient (Wildman–Crippen LogP) is 1.56. The molecule has 0 bridgehead atoms. The molecule has 3 saturated heterocycles. The summed E-state index contributed by atoms with van der Waals surface area (Å²) >= 11 is 0. The lowest BCUT2D eigenvalue weighted by molar-refractivity contribution is -0.132. The molecule has 0 aliphatic carbocycles. The molecular formula is C18H31F2N3O2. The first-order valence-corrected chi connectivity index (χ1v) is 9.68. The maximum Gasteiger partial charge on any atom is 0.250 e. The van der Waals surface area contributed by atoms with Crippen molar-refractivity contribution in [2.24, 2.45) is 0 Å². The summed E-state index contributed by atoms with van der Waals surface area (Å²) in [5.41, 5.74) is -0.957. The van der Waals surface area contributed by atoms with Gasteiger partial charge in [-0.3, -0.25) is 14.6 Å². The molecule has 0 aromatic rings. The zero-order valence-corrected chi connectivity index (χ0v) is 15.1. The third kappa shape index (κ3) is 5.34. The number of carbonyl (C=O) groups is 1. The highest BCUT2D eigenvalue weighted by molar-refractivity contribution is 5.78. The highest BCUT2D eigenvalue weighted by Crippen LogP contribution is 2.30. The summed E-state index contributed by atoms with van der Waals surface area (Å²) in [5, 5.41) is 10.8. The van der Waals surface area contributed by atoms with Crippen LogP contribution in [0.25, 0.3) is 0 Å². The molecule has 0 saturated carbocycles. The van der Waals surface area contributed by atoms with Gasteiger partial charge >= 0.3 is 0 Å². The van der Waals surface area contributed by atoms with Crippen LogP contribution in [0.1, 0.15) is 44.9 Å². The Kier molecular flexibility index (Phi) is 5.96. The van der Waals surface area contributed by atoms with Crippen LogP contribution in [-0.2, 0) is 4.79 Å². The van der Waals surface area contributed by atoms with Crippen molar-refractivity contribution < 1.29 is 18.7 Å². The predicted molar refractivity (Wildman–Crippen MR) is 91.7 cm³/mol. The van der Waals surface area contributed by atoms with Crippen molar-refractivity contribution in [1.82, 2.24) is 14.7 Å². The minimum Gasteiger partial charge on any atom is -0.387 e. The van der Waals surface area contributed by atoms with Crippen LogP contribution in [-0.4, -0.2) is 89.6 Å². The molecule has 0 unspecified atom stereocenters. The Morgan fingerprint density at radius 1 is 0.880 bits per heavy atom. The lowest BCUT2D eigenvalue weighted by Crippen LogP contribution is -2.50. The molecule has 7 heteroatoms. The second kappa shape index (κ2) is 7.84. The molecule has 3 rings (SSSR count). The van der Waals surface area contributed by atoms with E-state index in [1.165, 1.54) is 12.8 Å². The van der Waals surface area contributed by atoms with Crippen LogP contribution >= 0.6 is 0 Å². The summed E-state index contributed by atoms with van der Waals surface area (Å²) in [6.45, 7) is 4.30. The van der Waals surface area contributed by atoms with E-state index in [4.69, 9.17) is 0 Å². The number of amides is 1. The van der Waals surface area contributed by atoms with Crippen LogP contribution < -0.4 is 0 Å². The van der Waals surface area contributed by atoms with Crippen LogP contribution in [0.15, 0.2) is 0 Å². The molecular weight excluding hydrogens is 328 g/mol. The van der Waals surface area contributed by atoms with Crippen molar-refractivity contribution in [3.8, 4) is 0 Å². The van der Waals surface area contributed by atoms with E-state index in [-0.39, 0.29) is 18.7 Å². The average molecular weight is 359 g/mol. The van der Waals surface area contributed by atoms with E-state index in [0.717, 1.165) is 25.9 Å². The fourth-order valence-electron chi connectivity index (χ4n) is 4.24. The molecule has 3 fully saturated rings. The van der Waals surface area contributed by atoms with Crippen molar-refractivity contribution in [2.75, 3.05) is 52.4 Å². The van der Waals surface area contributed by atoms with Crippen molar-refractivity contribution in [3.63, 3.8) is 0 Å². The molecule has 144 valence electrons. The van der Waals surface area contributed by atoms with Gasteiger partial charge in [-0.15, -0.1) is 0 Å². The van der Waals surface area contributed by atoms with Gasteiger partial charge in [0.25, 0.3) is 5.92 Å². The standard InChI is InChI=1S/C18H31F2N3O2/c19-18(20)6-10-22(11-7-18)14-17(25)5-12-23(15-17)16(24)13-21-8-3-1-2-4-9-21/h25H,1-15H2/t17-/m0/s1. The number of hydrogen-bond acceptors (Lipinski definition) is 4. The number of β-amino-alcohol motifs (C(OH)–C–C–N with tert-alkyl or cyclic N) is 1. The second-order valence-corrected chi connectivity index (χ2v) is 8.11. The summed E-state index contributed by atoms with van der Waals surface area (Å²) in [4.78, 5) is 18.4. The molecule has 1 atom stereocenters. The molecule has 0 radical (unpaired) electrons. The molecule has 0 spiro atoms. The van der Waals surface area contributed by atoms with Gasteiger partial charge in [0.05, 0.1) is 18.7 Å². The number of alkyl halides is 2. The van der Waals surface area contributed by atoms with Crippen LogP contribution in [0.3, 0.4) is 0 Å². The third-order valence-corrected chi connectivity index (χ3v) is 5.85. The van der Waals surface area contributed by atoms with Gasteiger partial charge < -0.3 is 10.0 Å². The molecule has 5 nitrogen and oxygen atoms in total. The van der Waals surface area contributed by atoms with Gasteiger partial charge in [-0.05, 0) is 32.4 Å². The maximum atomic E-state index is 13.3. The van der Waals surface area contributed by atoms with E-state index in [0.29, 0.717) is 45.7 Å². The number of rotatable bonds is 4. The molecule has 25 heavy (non-hydrogen) atoms. The molecule has 0 aromatic heterocycles. The maximum absolute atomic E-state index is 13.3. The number of aliphatic hydroxyl groups is 1. The Balaban J connectivity index is 1.46. The number of nitrogens with zero attached hydrogens (tertiary/aromatic N) is 3. The minimum absolute atomic E-state index is 0.0861. The van der Waals surface area contributed by atoms with Crippen LogP contribution in [0, 0.1) is 0 Å². The van der Waals surface area contributed by atoms with Crippen molar-refractivity contribution in [1.29, 1.82) is 0 Å². The molecule has 3 heterocycles. The average Bonchev–Trinajstić information content (AvgIpc) is 2.77. The SMILES string of the molecule is O=C(CN1CCCCCC1)N1CC[C@](O)(CN2CCC(F)(F)CC2)C1. The van der Waals surface area contributed by atoms with Crippen LogP contribution in [0.2, 0.25) is 0 Å². The lowest BCUT2D eigenvalue weighted by atomic mass is 10.00. The first-order chi connectivity index (χ1) is 11.9. The third-order valence-electron chi connectivity index (χ3n) is 5.85. The second-order valence-electron chi connectivity index (χ2n) is 8.11. The van der Waals surface area contributed by atoms with Gasteiger partial charge in [-0.2, -0.15) is 0 Å². The fraction of sp³-hybridized carbons (Fsp3) is 0.944. The smallest absolute Gasteiger partial charge is 0.250 e. The van der Waals surface area contributed by atoms with Crippen molar-refractivity contribution in [3.05, 3.63) is 0 Å². The quantitative estimate of drug-likeness (QED) is 0.828. The fourth-order valence-corrected chi connectivity index (χ4v) is 4.24.